The van der Waals surface area contributed by atoms with Gasteiger partial charge in [0, 0.05) is 19.8 Å². The van der Waals surface area contributed by atoms with Crippen LogP contribution < -0.4 is 0 Å². The molecule has 1 rings (SSSR count). The lowest BCUT2D eigenvalue weighted by Crippen LogP contribution is -2.22. The number of aliphatic hydroxyl groups is 1. The molecule has 0 aliphatic heterocycles. The average Bonchev–Trinajstić information content (AvgIpc) is 2.51. The molecule has 1 aromatic rings. The van der Waals surface area contributed by atoms with E-state index in [0.29, 0.717) is 0 Å². The maximum absolute atomic E-state index is 12.1. The van der Waals surface area contributed by atoms with Crippen LogP contribution in [0.15, 0.2) is 40.5 Å². The van der Waals surface area contributed by atoms with Gasteiger partial charge in [0.1, 0.15) is 12.4 Å². The van der Waals surface area contributed by atoms with Gasteiger partial charge < -0.3 is 15.3 Å². The lowest BCUT2D eigenvalue weighted by molar-refractivity contribution is -0.113. The maximum Gasteiger partial charge on any atom is 0.338 e. The molecule has 0 aliphatic rings. The third-order valence-electron chi connectivity index (χ3n) is 3.20. The molecule has 1 aromatic carbocycles. The number of ketones is 1. The van der Waals surface area contributed by atoms with Crippen molar-refractivity contribution < 1.29 is 27.9 Å². The van der Waals surface area contributed by atoms with Crippen LogP contribution in [0.3, 0.4) is 0 Å². The summed E-state index contributed by atoms with van der Waals surface area (Å²) in [6.07, 6.45) is 0. The van der Waals surface area contributed by atoms with E-state index < -0.39 is 34.1 Å². The SMILES string of the molecule is CC(=N)/C(C(C)=O)=C(/O)COC(=O)c1cccc(S(=O)(=O)N(C)C)c1. The number of aliphatic hydroxyl groups excluding tert-OH is 1. The van der Waals surface area contributed by atoms with Crippen molar-refractivity contribution in [2.45, 2.75) is 18.7 Å². The minimum atomic E-state index is -3.71. The van der Waals surface area contributed by atoms with Crippen molar-refractivity contribution in [2.75, 3.05) is 20.7 Å². The Morgan fingerprint density at radius 3 is 2.32 bits per heavy atom. The van der Waals surface area contributed by atoms with Crippen molar-refractivity contribution in [1.82, 2.24) is 4.31 Å². The van der Waals surface area contributed by atoms with Gasteiger partial charge in [-0.1, -0.05) is 6.07 Å². The van der Waals surface area contributed by atoms with E-state index in [-0.39, 0.29) is 21.7 Å². The predicted molar refractivity (Wildman–Crippen MR) is 91.3 cm³/mol. The van der Waals surface area contributed by atoms with Gasteiger partial charge in [0.05, 0.1) is 16.0 Å². The highest BCUT2D eigenvalue weighted by Crippen LogP contribution is 2.16. The number of hydrogen-bond donors (Lipinski definition) is 2. The highest BCUT2D eigenvalue weighted by atomic mass is 32.2. The summed E-state index contributed by atoms with van der Waals surface area (Å²) >= 11 is 0. The summed E-state index contributed by atoms with van der Waals surface area (Å²) in [4.78, 5) is 23.4. The summed E-state index contributed by atoms with van der Waals surface area (Å²) in [5.41, 5.74) is -0.400. The van der Waals surface area contributed by atoms with Crippen LogP contribution in [0.4, 0.5) is 0 Å². The Hall–Kier alpha value is -2.52. The third kappa shape index (κ3) is 4.97. The molecule has 0 amide bonds. The highest BCUT2D eigenvalue weighted by Gasteiger charge is 2.20. The summed E-state index contributed by atoms with van der Waals surface area (Å²) in [6, 6.07) is 5.26. The quantitative estimate of drug-likeness (QED) is 0.325. The fraction of sp³-hybridized carbons (Fsp3) is 0.312. The number of benzene rings is 1. The Morgan fingerprint density at radius 1 is 1.24 bits per heavy atom. The van der Waals surface area contributed by atoms with Crippen molar-refractivity contribution in [2.24, 2.45) is 0 Å². The number of allylic oxidation sites excluding steroid dienone is 1. The number of esters is 1. The molecule has 136 valence electrons. The van der Waals surface area contributed by atoms with Gasteiger partial charge >= 0.3 is 5.97 Å². The number of sulfonamides is 1. The molecule has 0 aliphatic carbocycles. The summed E-state index contributed by atoms with van der Waals surface area (Å²) < 4.78 is 30.1. The Bertz CT molecular complexity index is 824. The highest BCUT2D eigenvalue weighted by molar-refractivity contribution is 7.89. The number of carbonyl (C=O) groups excluding carboxylic acids is 2. The molecule has 0 unspecified atom stereocenters. The molecule has 0 radical (unpaired) electrons. The van der Waals surface area contributed by atoms with Gasteiger partial charge in [-0.3, -0.25) is 4.79 Å². The lowest BCUT2D eigenvalue weighted by atomic mass is 10.1. The summed E-state index contributed by atoms with van der Waals surface area (Å²) in [6.45, 7) is 1.90. The molecular formula is C16H20N2O6S. The van der Waals surface area contributed by atoms with Gasteiger partial charge in [0.2, 0.25) is 10.0 Å². The van der Waals surface area contributed by atoms with Gasteiger partial charge in [-0.2, -0.15) is 0 Å². The van der Waals surface area contributed by atoms with E-state index in [4.69, 9.17) is 10.1 Å². The first-order valence-electron chi connectivity index (χ1n) is 7.16. The molecule has 8 nitrogen and oxygen atoms in total. The largest absolute Gasteiger partial charge is 0.508 e. The van der Waals surface area contributed by atoms with Crippen molar-refractivity contribution in [3.63, 3.8) is 0 Å². The second-order valence-electron chi connectivity index (χ2n) is 5.39. The van der Waals surface area contributed by atoms with Crippen LogP contribution >= 0.6 is 0 Å². The van der Waals surface area contributed by atoms with E-state index in [2.05, 4.69) is 0 Å². The standard InChI is InChI=1S/C16H20N2O6S/c1-10(17)15(11(2)19)14(20)9-24-16(21)12-6-5-7-13(8-12)25(22,23)18(3)4/h5-8,17,20H,9H2,1-4H3/b15-14-,17-10?. The summed E-state index contributed by atoms with van der Waals surface area (Å²) in [5, 5.41) is 17.3. The Labute approximate surface area is 146 Å². The molecule has 2 N–H and O–H groups in total. The van der Waals surface area contributed by atoms with Gasteiger partial charge in [0.15, 0.2) is 5.78 Å². The maximum atomic E-state index is 12.1. The molecule has 0 saturated heterocycles. The third-order valence-corrected chi connectivity index (χ3v) is 5.02. The smallest absolute Gasteiger partial charge is 0.338 e. The first-order chi connectivity index (χ1) is 11.5. The number of ether oxygens (including phenoxy) is 1. The summed E-state index contributed by atoms with van der Waals surface area (Å²) in [7, 11) is -0.972. The van der Waals surface area contributed by atoms with Gasteiger partial charge in [-0.25, -0.2) is 17.5 Å². The van der Waals surface area contributed by atoms with Crippen LogP contribution in [-0.2, 0) is 19.6 Å². The number of hydrogen-bond acceptors (Lipinski definition) is 7. The normalized spacial score (nSPS) is 12.5. The van der Waals surface area contributed by atoms with Gasteiger partial charge in [-0.15, -0.1) is 0 Å². The van der Waals surface area contributed by atoms with Crippen LogP contribution in [0.1, 0.15) is 24.2 Å². The number of nitrogens with zero attached hydrogens (tertiary/aromatic N) is 1. The van der Waals surface area contributed by atoms with E-state index in [1.165, 1.54) is 46.1 Å². The van der Waals surface area contributed by atoms with E-state index in [1.807, 2.05) is 0 Å². The van der Waals surface area contributed by atoms with Gasteiger partial charge in [0.25, 0.3) is 0 Å². The van der Waals surface area contributed by atoms with Crippen molar-refractivity contribution in [3.8, 4) is 0 Å². The molecule has 0 aromatic heterocycles. The molecule has 0 spiro atoms. The van der Waals surface area contributed by atoms with E-state index >= 15 is 0 Å². The first kappa shape index (κ1) is 20.5. The molecule has 0 heterocycles. The molecule has 0 bridgehead atoms. The zero-order chi connectivity index (χ0) is 19.4. The molecular weight excluding hydrogens is 348 g/mol. The summed E-state index contributed by atoms with van der Waals surface area (Å²) in [5.74, 6) is -1.93. The van der Waals surface area contributed by atoms with Crippen molar-refractivity contribution in [1.29, 1.82) is 5.41 Å². The van der Waals surface area contributed by atoms with Crippen LogP contribution in [0.25, 0.3) is 0 Å². The van der Waals surface area contributed by atoms with Crippen LogP contribution in [0, 0.1) is 5.41 Å². The average molecular weight is 368 g/mol. The zero-order valence-corrected chi connectivity index (χ0v) is 15.2. The first-order valence-corrected chi connectivity index (χ1v) is 8.60. The molecule has 25 heavy (non-hydrogen) atoms. The fourth-order valence-electron chi connectivity index (χ4n) is 1.97. The topological polar surface area (TPSA) is 125 Å². The van der Waals surface area contributed by atoms with Crippen LogP contribution in [0.5, 0.6) is 0 Å². The molecule has 0 saturated carbocycles. The monoisotopic (exact) mass is 368 g/mol. The van der Waals surface area contributed by atoms with Crippen molar-refractivity contribution in [3.05, 3.63) is 41.2 Å². The minimum Gasteiger partial charge on any atom is -0.508 e. The van der Waals surface area contributed by atoms with Gasteiger partial charge in [-0.05, 0) is 32.0 Å². The Balaban J connectivity index is 3.02. The number of Topliss-reactive ketones (excluding diaryl/α,β-unsaturated/α-hetero) is 1. The van der Waals surface area contributed by atoms with Crippen molar-refractivity contribution >= 4 is 27.5 Å². The number of nitrogens with one attached hydrogen (secondary N) is 1. The molecule has 9 heteroatoms. The van der Waals surface area contributed by atoms with Crippen LogP contribution in [0.2, 0.25) is 0 Å². The zero-order valence-electron chi connectivity index (χ0n) is 14.4. The number of carbonyl (C=O) groups is 2. The van der Waals surface area contributed by atoms with E-state index in [1.54, 1.807) is 0 Å². The number of rotatable bonds is 7. The Kier molecular flexibility index (Phi) is 6.60. The second kappa shape index (κ2) is 8.04. The lowest BCUT2D eigenvalue weighted by Gasteiger charge is -2.12. The molecule has 0 atom stereocenters. The second-order valence-corrected chi connectivity index (χ2v) is 7.55. The predicted octanol–water partition coefficient (Wildman–Crippen LogP) is 1.53. The Morgan fingerprint density at radius 2 is 1.84 bits per heavy atom. The van der Waals surface area contributed by atoms with E-state index in [0.717, 1.165) is 10.4 Å². The minimum absolute atomic E-state index is 0.0216. The molecule has 0 fully saturated rings. The fourth-order valence-corrected chi connectivity index (χ4v) is 2.92. The van der Waals surface area contributed by atoms with Crippen LogP contribution in [-0.4, -0.2) is 56.0 Å². The van der Waals surface area contributed by atoms with E-state index in [9.17, 15) is 23.1 Å².